The predicted octanol–water partition coefficient (Wildman–Crippen LogP) is 6.02. The molecule has 4 aromatic rings. The van der Waals surface area contributed by atoms with Gasteiger partial charge in [0.05, 0.1) is 28.3 Å². The van der Waals surface area contributed by atoms with E-state index in [2.05, 4.69) is 39.8 Å². The van der Waals surface area contributed by atoms with Gasteiger partial charge in [0.15, 0.2) is 0 Å². The number of fused-ring (bicyclic) bond motifs is 1. The fourth-order valence-corrected chi connectivity index (χ4v) is 5.76. The molecule has 49 heavy (non-hydrogen) atoms. The maximum absolute atomic E-state index is 11.3. The standard InChI is InChI=1S/C32H35N3O4S.C5H6NO2.Mn/c1-31(2,16-17-33-27-9-7-8-23(19-36)26(27)20-37)38-21-32(3,4)39-25-14-15-28-29(18-25)40-30(34-28)22-10-12-24(13-11-22)35(5)6;7-4-2-1-3-5(8)6-4;/h7-15,18,33H,16-17,21H2,1-6H3;2H,1,3H2,(H,6,7,8);/q-2;-1;+3. The average Bonchev–Trinajstić information content (AvgIpc) is 3.47. The minimum Gasteiger partial charge on any atom is -0.485 e. The van der Waals surface area contributed by atoms with Crippen molar-refractivity contribution in [2.45, 2.75) is 58.2 Å². The number of ether oxygens (including phenoxy) is 2. The van der Waals surface area contributed by atoms with E-state index in [0.717, 1.165) is 32.2 Å². The summed E-state index contributed by atoms with van der Waals surface area (Å²) in [6.45, 7) is 8.97. The summed E-state index contributed by atoms with van der Waals surface area (Å²) in [5.74, 6) is 0.335. The molecule has 10 nitrogen and oxygen atoms in total. The number of benzene rings is 3. The number of rotatable bonds is 13. The molecule has 0 radical (unpaired) electrons. The summed E-state index contributed by atoms with van der Waals surface area (Å²) in [5, 5.41) is 6.33. The number of nitrogens with one attached hydrogen (secondary N) is 2. The topological polar surface area (TPSA) is 127 Å². The molecule has 2 N–H and O–H groups in total. The minimum atomic E-state index is -0.568. The Morgan fingerprint density at radius 2 is 1.73 bits per heavy atom. The van der Waals surface area contributed by atoms with Crippen molar-refractivity contribution in [2.75, 3.05) is 37.5 Å². The molecule has 2 amide bonds. The van der Waals surface area contributed by atoms with Crippen molar-refractivity contribution in [1.29, 1.82) is 0 Å². The molecule has 258 valence electrons. The van der Waals surface area contributed by atoms with E-state index < -0.39 is 11.2 Å². The second kappa shape index (κ2) is 17.4. The summed E-state index contributed by atoms with van der Waals surface area (Å²) >= 11 is 1.65. The molecule has 0 atom stereocenters. The smallest absolute Gasteiger partial charge is 0.485 e. The Balaban J connectivity index is 0.000000634. The van der Waals surface area contributed by atoms with Gasteiger partial charge in [-0.15, -0.1) is 29.2 Å². The number of aromatic nitrogens is 1. The van der Waals surface area contributed by atoms with Crippen molar-refractivity contribution in [3.8, 4) is 16.3 Å². The van der Waals surface area contributed by atoms with E-state index in [-0.39, 0.29) is 40.0 Å². The molecule has 0 aliphatic carbocycles. The largest absolute Gasteiger partial charge is 3.00 e. The van der Waals surface area contributed by atoms with E-state index in [1.807, 2.05) is 66.3 Å². The number of imide groups is 1. The van der Waals surface area contributed by atoms with Crippen LogP contribution in [-0.2, 0) is 41.0 Å². The number of hydrogen-bond acceptors (Lipinski definition) is 10. The maximum atomic E-state index is 11.3. The molecule has 1 aromatic heterocycles. The van der Waals surface area contributed by atoms with Crippen LogP contribution in [0.25, 0.3) is 20.8 Å². The van der Waals surface area contributed by atoms with Crippen LogP contribution in [0.15, 0.2) is 60.7 Å². The zero-order valence-electron chi connectivity index (χ0n) is 28.5. The Morgan fingerprint density at radius 3 is 2.35 bits per heavy atom. The molecule has 0 bridgehead atoms. The van der Waals surface area contributed by atoms with Gasteiger partial charge in [0.25, 0.3) is 0 Å². The van der Waals surface area contributed by atoms with E-state index in [4.69, 9.17) is 14.5 Å². The van der Waals surface area contributed by atoms with Crippen LogP contribution in [0, 0.1) is 6.42 Å². The Morgan fingerprint density at radius 1 is 1.00 bits per heavy atom. The van der Waals surface area contributed by atoms with Gasteiger partial charge in [-0.3, -0.25) is 10.4 Å². The van der Waals surface area contributed by atoms with Gasteiger partial charge >= 0.3 is 17.1 Å². The average molecular weight is 725 g/mol. The van der Waals surface area contributed by atoms with Gasteiger partial charge in [-0.1, -0.05) is 0 Å². The van der Waals surface area contributed by atoms with Crippen LogP contribution in [0.3, 0.4) is 0 Å². The van der Waals surface area contributed by atoms with Crippen LogP contribution in [0.4, 0.5) is 11.4 Å². The predicted molar refractivity (Wildman–Crippen MR) is 190 cm³/mol. The second-order valence-corrected chi connectivity index (χ2v) is 13.8. The number of carbonyl (C=O) groups is 2. The Hall–Kier alpha value is -4.22. The molecule has 1 saturated heterocycles. The van der Waals surface area contributed by atoms with E-state index in [9.17, 15) is 19.2 Å². The Labute approximate surface area is 302 Å². The fraction of sp³-hybridized carbons (Fsp3) is 0.351. The third-order valence-electron chi connectivity index (χ3n) is 7.48. The normalized spacial score (nSPS) is 12.9. The number of nitrogens with zero attached hydrogens (tertiary/aromatic N) is 2. The fourth-order valence-electron chi connectivity index (χ4n) is 4.76. The van der Waals surface area contributed by atoms with E-state index >= 15 is 0 Å². The molecule has 1 aliphatic rings. The van der Waals surface area contributed by atoms with Crippen molar-refractivity contribution in [3.63, 3.8) is 0 Å². The summed E-state index contributed by atoms with van der Waals surface area (Å²) in [6.07, 6.45) is 6.79. The molecule has 1 fully saturated rings. The van der Waals surface area contributed by atoms with Gasteiger partial charge in [0, 0.05) is 38.3 Å². The van der Waals surface area contributed by atoms with Gasteiger partial charge < -0.3 is 45.8 Å². The molecule has 2 heterocycles. The first-order valence-electron chi connectivity index (χ1n) is 15.6. The maximum Gasteiger partial charge on any atom is 3.00 e. The van der Waals surface area contributed by atoms with Crippen molar-refractivity contribution < 1.29 is 45.7 Å². The van der Waals surface area contributed by atoms with Crippen molar-refractivity contribution in [2.24, 2.45) is 0 Å². The first-order chi connectivity index (χ1) is 22.8. The zero-order valence-corrected chi connectivity index (χ0v) is 30.5. The summed E-state index contributed by atoms with van der Waals surface area (Å²) in [5.41, 5.74) is 3.11. The number of hydrogen-bond donors (Lipinski definition) is 2. The molecule has 0 unspecified atom stereocenters. The van der Waals surface area contributed by atoms with Gasteiger partial charge in [0.2, 0.25) is 5.91 Å². The van der Waals surface area contributed by atoms with Gasteiger partial charge in [-0.05, 0) is 89.2 Å². The second-order valence-electron chi connectivity index (χ2n) is 12.8. The number of piperidine rings is 1. The molecule has 1 aliphatic heterocycles. The van der Waals surface area contributed by atoms with Crippen molar-refractivity contribution in [3.05, 3.63) is 78.2 Å². The SMILES string of the molecule is CN(C)c1ccc(-c2nc3ccc(OC(C)(C)COC(C)(C)CCNc4cccc([C-]=O)c4[C-]=O)cc3s2)cc1.O=C1[CH-]CCC(=O)N1.[Mn+3]. The summed E-state index contributed by atoms with van der Waals surface area (Å²) in [7, 11) is 4.06. The molecule has 0 spiro atoms. The summed E-state index contributed by atoms with van der Waals surface area (Å²) in [4.78, 5) is 49.9. The Bertz CT molecular complexity index is 1740. The number of anilines is 2. The summed E-state index contributed by atoms with van der Waals surface area (Å²) < 4.78 is 13.7. The monoisotopic (exact) mass is 724 g/mol. The van der Waals surface area contributed by atoms with Gasteiger partial charge in [0.1, 0.15) is 16.4 Å². The van der Waals surface area contributed by atoms with E-state index in [1.54, 1.807) is 35.8 Å². The van der Waals surface area contributed by atoms with Crippen molar-refractivity contribution in [1.82, 2.24) is 10.3 Å². The first-order valence-corrected chi connectivity index (χ1v) is 16.4. The third-order valence-corrected chi connectivity index (χ3v) is 8.55. The quantitative estimate of drug-likeness (QED) is 0.0967. The first kappa shape index (κ1) is 39.2. The molecule has 0 saturated carbocycles. The van der Waals surface area contributed by atoms with Crippen LogP contribution in [-0.4, -0.2) is 67.8 Å². The zero-order chi connectivity index (χ0) is 34.9. The Kier molecular flexibility index (Phi) is 14.0. The molecule has 3 aromatic carbocycles. The summed E-state index contributed by atoms with van der Waals surface area (Å²) in [6, 6.07) is 19.4. The molecular weight excluding hydrogens is 683 g/mol. The van der Waals surface area contributed by atoms with Crippen LogP contribution in [0.5, 0.6) is 5.75 Å². The van der Waals surface area contributed by atoms with Crippen LogP contribution >= 0.6 is 11.3 Å². The van der Waals surface area contributed by atoms with Crippen LogP contribution in [0.2, 0.25) is 0 Å². The van der Waals surface area contributed by atoms with E-state index in [1.165, 1.54) is 6.42 Å². The van der Waals surface area contributed by atoms with Crippen LogP contribution < -0.4 is 20.3 Å². The van der Waals surface area contributed by atoms with E-state index in [0.29, 0.717) is 38.1 Å². The minimum absolute atomic E-state index is 0. The number of amides is 2. The number of carbonyl (C=O) groups excluding carboxylic acids is 4. The van der Waals surface area contributed by atoms with Crippen molar-refractivity contribution >= 4 is 57.3 Å². The molecular formula is C37H41MnN4O6S. The van der Waals surface area contributed by atoms with Gasteiger partial charge in [-0.2, -0.15) is 6.42 Å². The molecule has 12 heteroatoms. The molecule has 5 rings (SSSR count). The van der Waals surface area contributed by atoms with Crippen LogP contribution in [0.1, 0.15) is 58.1 Å². The van der Waals surface area contributed by atoms with Gasteiger partial charge in [-0.25, -0.2) is 16.6 Å². The number of thiazole rings is 1. The third kappa shape index (κ3) is 11.4.